The summed E-state index contributed by atoms with van der Waals surface area (Å²) in [5, 5.41) is 6.41. The summed E-state index contributed by atoms with van der Waals surface area (Å²) in [7, 11) is 1.76. The number of amides is 2. The maximum absolute atomic E-state index is 12.6. The molecular formula is C26H41N3O3S. The van der Waals surface area contributed by atoms with Crippen LogP contribution in [0.4, 0.5) is 0 Å². The Labute approximate surface area is 203 Å². The summed E-state index contributed by atoms with van der Waals surface area (Å²) < 4.78 is 7.76. The summed E-state index contributed by atoms with van der Waals surface area (Å²) in [4.78, 5) is 26.4. The minimum Gasteiger partial charge on any atom is -0.381 e. The van der Waals surface area contributed by atoms with Crippen molar-refractivity contribution in [3.63, 3.8) is 0 Å². The topological polar surface area (TPSA) is 72.4 Å². The number of nitrogens with one attached hydrogen (secondary N) is 2. The van der Waals surface area contributed by atoms with Crippen LogP contribution in [0, 0.1) is 5.92 Å². The van der Waals surface area contributed by atoms with Gasteiger partial charge in [0.1, 0.15) is 0 Å². The zero-order valence-electron chi connectivity index (χ0n) is 20.2. The molecule has 1 heterocycles. The van der Waals surface area contributed by atoms with Crippen molar-refractivity contribution < 1.29 is 14.3 Å². The number of rotatable bonds is 9. The third-order valence-corrected chi connectivity index (χ3v) is 8.78. The fourth-order valence-corrected chi connectivity index (χ4v) is 6.72. The van der Waals surface area contributed by atoms with Crippen LogP contribution in [0.1, 0.15) is 81.9 Å². The summed E-state index contributed by atoms with van der Waals surface area (Å²) in [5.41, 5.74) is 2.84. The van der Waals surface area contributed by atoms with Gasteiger partial charge in [0, 0.05) is 48.9 Å². The normalized spacial score (nSPS) is 23.7. The molecule has 7 heteroatoms. The van der Waals surface area contributed by atoms with E-state index < -0.39 is 0 Å². The van der Waals surface area contributed by atoms with Crippen LogP contribution in [0.3, 0.4) is 0 Å². The second-order valence-electron chi connectivity index (χ2n) is 10.0. The third kappa shape index (κ3) is 6.78. The number of hydrogen-bond donors (Lipinski definition) is 2. The average molecular weight is 476 g/mol. The van der Waals surface area contributed by atoms with Gasteiger partial charge >= 0.3 is 0 Å². The second-order valence-corrected chi connectivity index (χ2v) is 11.0. The predicted octanol–water partition coefficient (Wildman–Crippen LogP) is 4.23. The summed E-state index contributed by atoms with van der Waals surface area (Å²) in [6, 6.07) is 0.374. The van der Waals surface area contributed by atoms with Crippen molar-refractivity contribution in [2.45, 2.75) is 107 Å². The Morgan fingerprint density at radius 2 is 1.79 bits per heavy atom. The molecular weight excluding hydrogens is 434 g/mol. The monoisotopic (exact) mass is 475 g/mol. The maximum Gasteiger partial charge on any atom is 0.230 e. The number of thioether (sulfide) groups is 1. The zero-order chi connectivity index (χ0) is 23.0. The van der Waals surface area contributed by atoms with Crippen LogP contribution in [-0.4, -0.2) is 47.9 Å². The first-order valence-electron chi connectivity index (χ1n) is 13.1. The molecule has 0 aromatic carbocycles. The first-order chi connectivity index (χ1) is 16.1. The summed E-state index contributed by atoms with van der Waals surface area (Å²) >= 11 is 1.69. The summed E-state index contributed by atoms with van der Waals surface area (Å²) in [6.07, 6.45) is 17.0. The molecule has 2 N–H and O–H groups in total. The Balaban J connectivity index is 1.27. The van der Waals surface area contributed by atoms with E-state index in [9.17, 15) is 9.59 Å². The van der Waals surface area contributed by atoms with Gasteiger partial charge < -0.3 is 19.9 Å². The molecule has 6 nitrogen and oxygen atoms in total. The van der Waals surface area contributed by atoms with E-state index in [4.69, 9.17) is 4.74 Å². The predicted molar refractivity (Wildman–Crippen MR) is 133 cm³/mol. The number of carbonyl (C=O) groups is 2. The molecule has 2 saturated carbocycles. The zero-order valence-corrected chi connectivity index (χ0v) is 21.0. The molecule has 2 fully saturated rings. The van der Waals surface area contributed by atoms with E-state index >= 15 is 0 Å². The molecule has 3 aliphatic rings. The lowest BCUT2D eigenvalue weighted by molar-refractivity contribution is -0.126. The smallest absolute Gasteiger partial charge is 0.230 e. The van der Waals surface area contributed by atoms with Crippen molar-refractivity contribution in [3.8, 4) is 0 Å². The number of fused-ring (bicyclic) bond motifs is 1. The molecule has 0 radical (unpaired) electrons. The van der Waals surface area contributed by atoms with Crippen molar-refractivity contribution in [2.75, 3.05) is 19.4 Å². The van der Waals surface area contributed by atoms with E-state index in [1.54, 1.807) is 18.9 Å². The van der Waals surface area contributed by atoms with Gasteiger partial charge in [-0.2, -0.15) is 0 Å². The van der Waals surface area contributed by atoms with E-state index in [0.717, 1.165) is 57.9 Å². The highest BCUT2D eigenvalue weighted by atomic mass is 32.2. The van der Waals surface area contributed by atoms with Gasteiger partial charge in [-0.05, 0) is 69.8 Å². The van der Waals surface area contributed by atoms with Gasteiger partial charge in [-0.15, -0.1) is 11.8 Å². The SMILES string of the molecule is COC1CCC(C(=O)NCCn2cc(SCC(=O)NC3CCCCC3)c3c2CCCC3)CC1. The Hall–Kier alpha value is -1.47. The van der Waals surface area contributed by atoms with Crippen LogP contribution < -0.4 is 10.6 Å². The minimum atomic E-state index is 0.128. The molecule has 33 heavy (non-hydrogen) atoms. The van der Waals surface area contributed by atoms with Gasteiger partial charge in [0.15, 0.2) is 0 Å². The van der Waals surface area contributed by atoms with E-state index in [1.807, 2.05) is 0 Å². The molecule has 0 bridgehead atoms. The van der Waals surface area contributed by atoms with E-state index in [-0.39, 0.29) is 17.7 Å². The Morgan fingerprint density at radius 1 is 1.03 bits per heavy atom. The molecule has 4 rings (SSSR count). The van der Waals surface area contributed by atoms with Crippen LogP contribution >= 0.6 is 11.8 Å². The molecule has 1 aromatic heterocycles. The van der Waals surface area contributed by atoms with E-state index in [1.165, 1.54) is 48.3 Å². The van der Waals surface area contributed by atoms with Crippen molar-refractivity contribution in [3.05, 3.63) is 17.5 Å². The Kier molecular flexibility index (Phi) is 9.18. The molecule has 1 aromatic rings. The van der Waals surface area contributed by atoms with Gasteiger partial charge in [0.25, 0.3) is 0 Å². The number of aromatic nitrogens is 1. The Morgan fingerprint density at radius 3 is 2.55 bits per heavy atom. The lowest BCUT2D eigenvalue weighted by Crippen LogP contribution is -2.37. The largest absolute Gasteiger partial charge is 0.381 e. The number of ether oxygens (including phenoxy) is 1. The van der Waals surface area contributed by atoms with Crippen molar-refractivity contribution in [2.24, 2.45) is 5.92 Å². The van der Waals surface area contributed by atoms with Crippen LogP contribution in [0.25, 0.3) is 0 Å². The molecule has 3 aliphatic carbocycles. The molecule has 0 saturated heterocycles. The lowest BCUT2D eigenvalue weighted by atomic mass is 9.87. The lowest BCUT2D eigenvalue weighted by Gasteiger charge is -2.26. The van der Waals surface area contributed by atoms with Crippen molar-refractivity contribution >= 4 is 23.6 Å². The second kappa shape index (κ2) is 12.3. The van der Waals surface area contributed by atoms with Crippen LogP contribution in [0.5, 0.6) is 0 Å². The van der Waals surface area contributed by atoms with Gasteiger partial charge in [-0.1, -0.05) is 19.3 Å². The highest BCUT2D eigenvalue weighted by Gasteiger charge is 2.26. The molecule has 0 unspecified atom stereocenters. The quantitative estimate of drug-likeness (QED) is 0.524. The first-order valence-corrected chi connectivity index (χ1v) is 14.1. The fraction of sp³-hybridized carbons (Fsp3) is 0.769. The van der Waals surface area contributed by atoms with Gasteiger partial charge in [0.05, 0.1) is 11.9 Å². The number of nitrogens with zero attached hydrogens (tertiary/aromatic N) is 1. The van der Waals surface area contributed by atoms with Gasteiger partial charge in [0.2, 0.25) is 11.8 Å². The average Bonchev–Trinajstić information content (AvgIpc) is 3.21. The number of hydrogen-bond acceptors (Lipinski definition) is 4. The molecule has 0 spiro atoms. The summed E-state index contributed by atoms with van der Waals surface area (Å²) in [5.74, 6) is 0.983. The van der Waals surface area contributed by atoms with Crippen LogP contribution in [0.2, 0.25) is 0 Å². The molecule has 0 atom stereocenters. The van der Waals surface area contributed by atoms with Gasteiger partial charge in [-0.25, -0.2) is 0 Å². The third-order valence-electron chi connectivity index (χ3n) is 7.72. The summed E-state index contributed by atoms with van der Waals surface area (Å²) in [6.45, 7) is 1.47. The highest BCUT2D eigenvalue weighted by Crippen LogP contribution is 2.33. The number of methoxy groups -OCH3 is 1. The highest BCUT2D eigenvalue weighted by molar-refractivity contribution is 8.00. The first kappa shape index (κ1) is 24.6. The maximum atomic E-state index is 12.6. The molecule has 2 amide bonds. The van der Waals surface area contributed by atoms with Crippen molar-refractivity contribution in [1.82, 2.24) is 15.2 Å². The van der Waals surface area contributed by atoms with Crippen LogP contribution in [-0.2, 0) is 33.7 Å². The molecule has 0 aliphatic heterocycles. The van der Waals surface area contributed by atoms with Crippen molar-refractivity contribution in [1.29, 1.82) is 0 Å². The fourth-order valence-electron chi connectivity index (χ4n) is 5.76. The van der Waals surface area contributed by atoms with Gasteiger partial charge in [-0.3, -0.25) is 9.59 Å². The molecule has 184 valence electrons. The van der Waals surface area contributed by atoms with E-state index in [0.29, 0.717) is 24.4 Å². The van der Waals surface area contributed by atoms with E-state index in [2.05, 4.69) is 21.4 Å². The minimum absolute atomic E-state index is 0.128. The Bertz CT molecular complexity index is 795. The standard InChI is InChI=1S/C26H41N3O3S/c1-32-21-13-11-19(12-14-21)26(31)27-15-16-29-17-24(22-9-5-6-10-23(22)29)33-18-25(30)28-20-7-3-2-4-8-20/h17,19-21H,2-16,18H2,1H3,(H,27,31)(H,28,30). The van der Waals surface area contributed by atoms with Crippen LogP contribution in [0.15, 0.2) is 11.1 Å². The number of carbonyl (C=O) groups excluding carboxylic acids is 2.